The van der Waals surface area contributed by atoms with Crippen molar-refractivity contribution in [2.45, 2.75) is 31.7 Å². The maximum absolute atomic E-state index is 12.2. The van der Waals surface area contributed by atoms with Crippen LogP contribution in [0.5, 0.6) is 0 Å². The van der Waals surface area contributed by atoms with Crippen LogP contribution in [0.15, 0.2) is 16.2 Å². The number of thiophene rings is 1. The minimum Gasteiger partial charge on any atom is -0.353 e. The summed E-state index contributed by atoms with van der Waals surface area (Å²) in [5.41, 5.74) is 0.744. The zero-order chi connectivity index (χ0) is 15.3. The highest BCUT2D eigenvalue weighted by Gasteiger charge is 2.23. The van der Waals surface area contributed by atoms with E-state index in [2.05, 4.69) is 15.5 Å². The van der Waals surface area contributed by atoms with E-state index in [1.54, 1.807) is 7.05 Å². The molecule has 3 aromatic rings. The summed E-state index contributed by atoms with van der Waals surface area (Å²) in [6.45, 7) is 0. The molecule has 1 saturated carbocycles. The summed E-state index contributed by atoms with van der Waals surface area (Å²) >= 11 is 1.41. The molecule has 0 aromatic carbocycles. The molecule has 3 aromatic heterocycles. The molecule has 7 nitrogen and oxygen atoms in total. The average Bonchev–Trinajstić information content (AvgIpc) is 3.03. The fraction of sp³-hybridized carbons (Fsp3) is 0.429. The minimum absolute atomic E-state index is 0.0469. The molecule has 4 rings (SSSR count). The standard InChI is InChI=1S/C14H15N5O2S/c1-18-13(21)12-9(6-7-22-12)19-10(16-17-14(18)19)4-5-11(20)15-8-2-3-8/h6-8H,2-5H2,1H3,(H,15,20). The quantitative estimate of drug-likeness (QED) is 0.773. The largest absolute Gasteiger partial charge is 0.353 e. The predicted molar refractivity (Wildman–Crippen MR) is 83.1 cm³/mol. The molecule has 1 aliphatic rings. The molecule has 1 fully saturated rings. The molecule has 22 heavy (non-hydrogen) atoms. The van der Waals surface area contributed by atoms with Gasteiger partial charge >= 0.3 is 0 Å². The molecular formula is C14H15N5O2S. The second kappa shape index (κ2) is 4.91. The van der Waals surface area contributed by atoms with Crippen LogP contribution in [0.2, 0.25) is 0 Å². The molecule has 0 radical (unpaired) electrons. The van der Waals surface area contributed by atoms with Gasteiger partial charge in [0.2, 0.25) is 11.7 Å². The number of rotatable bonds is 4. The van der Waals surface area contributed by atoms with Gasteiger partial charge in [-0.25, -0.2) is 0 Å². The first kappa shape index (κ1) is 13.4. The summed E-state index contributed by atoms with van der Waals surface area (Å²) in [6, 6.07) is 2.26. The number of nitrogens with zero attached hydrogens (tertiary/aromatic N) is 4. The van der Waals surface area contributed by atoms with Gasteiger partial charge in [-0.1, -0.05) is 0 Å². The maximum atomic E-state index is 12.2. The molecule has 114 valence electrons. The van der Waals surface area contributed by atoms with Gasteiger partial charge in [0.25, 0.3) is 5.56 Å². The number of aryl methyl sites for hydroxylation is 2. The third kappa shape index (κ3) is 2.10. The average molecular weight is 317 g/mol. The number of carbonyl (C=O) groups is 1. The first-order valence-corrected chi connectivity index (χ1v) is 8.12. The van der Waals surface area contributed by atoms with Crippen molar-refractivity contribution >= 4 is 33.2 Å². The van der Waals surface area contributed by atoms with Crippen LogP contribution >= 0.6 is 11.3 Å². The fourth-order valence-corrected chi connectivity index (χ4v) is 3.42. The van der Waals surface area contributed by atoms with E-state index >= 15 is 0 Å². The molecule has 0 bridgehead atoms. The van der Waals surface area contributed by atoms with Gasteiger partial charge < -0.3 is 5.32 Å². The van der Waals surface area contributed by atoms with E-state index in [0.717, 1.165) is 18.4 Å². The summed E-state index contributed by atoms with van der Waals surface area (Å²) in [5.74, 6) is 1.26. The Morgan fingerprint density at radius 3 is 3.05 bits per heavy atom. The Bertz CT molecular complexity index is 934. The summed E-state index contributed by atoms with van der Waals surface area (Å²) < 4.78 is 4.05. The van der Waals surface area contributed by atoms with E-state index in [4.69, 9.17) is 0 Å². The number of aromatic nitrogens is 4. The lowest BCUT2D eigenvalue weighted by Gasteiger charge is -2.05. The first-order valence-electron chi connectivity index (χ1n) is 7.24. The van der Waals surface area contributed by atoms with Gasteiger partial charge in [-0.05, 0) is 24.3 Å². The normalized spacial score (nSPS) is 14.8. The molecule has 8 heteroatoms. The molecule has 0 saturated heterocycles. The summed E-state index contributed by atoms with van der Waals surface area (Å²) in [4.78, 5) is 24.1. The highest BCUT2D eigenvalue weighted by molar-refractivity contribution is 7.17. The van der Waals surface area contributed by atoms with E-state index in [0.29, 0.717) is 35.2 Å². The molecule has 1 amide bonds. The van der Waals surface area contributed by atoms with Crippen molar-refractivity contribution in [3.8, 4) is 0 Å². The van der Waals surface area contributed by atoms with Crippen molar-refractivity contribution in [3.05, 3.63) is 27.6 Å². The van der Waals surface area contributed by atoms with Crippen LogP contribution in [-0.2, 0) is 18.3 Å². The van der Waals surface area contributed by atoms with Gasteiger partial charge in [-0.2, -0.15) is 0 Å². The van der Waals surface area contributed by atoms with Crippen molar-refractivity contribution in [2.24, 2.45) is 7.05 Å². The van der Waals surface area contributed by atoms with Crippen LogP contribution < -0.4 is 10.9 Å². The molecule has 1 aliphatic carbocycles. The molecule has 3 heterocycles. The van der Waals surface area contributed by atoms with E-state index < -0.39 is 0 Å². The predicted octanol–water partition coefficient (Wildman–Crippen LogP) is 0.854. The third-order valence-electron chi connectivity index (χ3n) is 3.92. The highest BCUT2D eigenvalue weighted by Crippen LogP contribution is 2.20. The first-order chi connectivity index (χ1) is 10.6. The van der Waals surface area contributed by atoms with Crippen LogP contribution in [0.3, 0.4) is 0 Å². The van der Waals surface area contributed by atoms with Gasteiger partial charge in [-0.15, -0.1) is 21.5 Å². The monoisotopic (exact) mass is 317 g/mol. The van der Waals surface area contributed by atoms with Gasteiger partial charge in [0.15, 0.2) is 0 Å². The van der Waals surface area contributed by atoms with E-state index in [-0.39, 0.29) is 11.5 Å². The topological polar surface area (TPSA) is 81.3 Å². The summed E-state index contributed by atoms with van der Waals surface area (Å²) in [5, 5.41) is 13.1. The van der Waals surface area contributed by atoms with Gasteiger partial charge in [0.1, 0.15) is 10.5 Å². The summed E-state index contributed by atoms with van der Waals surface area (Å²) in [7, 11) is 1.69. The minimum atomic E-state index is -0.0667. The lowest BCUT2D eigenvalue weighted by Crippen LogP contribution is -2.25. The third-order valence-corrected chi connectivity index (χ3v) is 4.81. The highest BCUT2D eigenvalue weighted by atomic mass is 32.1. The number of carbonyl (C=O) groups excluding carboxylic acids is 1. The van der Waals surface area contributed by atoms with Gasteiger partial charge in [0, 0.05) is 25.9 Å². The van der Waals surface area contributed by atoms with Crippen LogP contribution in [0, 0.1) is 0 Å². The Hall–Kier alpha value is -2.22. The maximum Gasteiger partial charge on any atom is 0.272 e. The van der Waals surface area contributed by atoms with Crippen LogP contribution in [0.4, 0.5) is 0 Å². The number of amides is 1. The Morgan fingerprint density at radius 1 is 1.45 bits per heavy atom. The van der Waals surface area contributed by atoms with E-state index in [1.165, 1.54) is 15.9 Å². The van der Waals surface area contributed by atoms with Crippen molar-refractivity contribution in [3.63, 3.8) is 0 Å². The number of hydrogen-bond donors (Lipinski definition) is 1. The zero-order valence-electron chi connectivity index (χ0n) is 12.1. The Balaban J connectivity index is 1.72. The van der Waals surface area contributed by atoms with Crippen molar-refractivity contribution in [2.75, 3.05) is 0 Å². The van der Waals surface area contributed by atoms with Crippen molar-refractivity contribution in [1.82, 2.24) is 24.5 Å². The zero-order valence-corrected chi connectivity index (χ0v) is 12.9. The van der Waals surface area contributed by atoms with Gasteiger partial charge in [0.05, 0.1) is 5.52 Å². The van der Waals surface area contributed by atoms with Crippen LogP contribution in [-0.4, -0.2) is 31.1 Å². The number of fused-ring (bicyclic) bond motifs is 3. The smallest absolute Gasteiger partial charge is 0.272 e. The Morgan fingerprint density at radius 2 is 2.27 bits per heavy atom. The lowest BCUT2D eigenvalue weighted by molar-refractivity contribution is -0.121. The molecule has 1 N–H and O–H groups in total. The second-order valence-electron chi connectivity index (χ2n) is 5.59. The molecule has 0 unspecified atom stereocenters. The molecule has 0 aliphatic heterocycles. The fourth-order valence-electron chi connectivity index (χ4n) is 2.57. The van der Waals surface area contributed by atoms with E-state index in [9.17, 15) is 9.59 Å². The SMILES string of the molecule is Cn1c(=O)c2sccc2n2c(CCC(=O)NC3CC3)nnc12. The van der Waals surface area contributed by atoms with Crippen molar-refractivity contribution in [1.29, 1.82) is 0 Å². The molecule has 0 spiro atoms. The van der Waals surface area contributed by atoms with Crippen LogP contribution in [0.25, 0.3) is 16.0 Å². The Labute approximate surface area is 129 Å². The van der Waals surface area contributed by atoms with Gasteiger partial charge in [-0.3, -0.25) is 18.6 Å². The molecule has 0 atom stereocenters. The van der Waals surface area contributed by atoms with E-state index in [1.807, 2.05) is 15.8 Å². The molecular weight excluding hydrogens is 302 g/mol. The number of hydrogen-bond acceptors (Lipinski definition) is 5. The van der Waals surface area contributed by atoms with Crippen LogP contribution in [0.1, 0.15) is 25.1 Å². The lowest BCUT2D eigenvalue weighted by atomic mass is 10.2. The second-order valence-corrected chi connectivity index (χ2v) is 6.51. The Kier molecular flexibility index (Phi) is 3.00. The van der Waals surface area contributed by atoms with Crippen molar-refractivity contribution < 1.29 is 4.79 Å². The summed E-state index contributed by atoms with van der Waals surface area (Å²) in [6.07, 6.45) is 3.04. The number of nitrogens with one attached hydrogen (secondary N) is 1.